The van der Waals surface area contributed by atoms with E-state index in [4.69, 9.17) is 0 Å². The van der Waals surface area contributed by atoms with Crippen LogP contribution < -0.4 is 14.7 Å². The summed E-state index contributed by atoms with van der Waals surface area (Å²) in [4.78, 5) is 18.5. The molecule has 0 radical (unpaired) electrons. The highest BCUT2D eigenvalue weighted by molar-refractivity contribution is 7.98. The highest BCUT2D eigenvalue weighted by atomic mass is 32.2. The summed E-state index contributed by atoms with van der Waals surface area (Å²) in [6.07, 6.45) is 1.28. The normalized spacial score (nSPS) is 15.2. The van der Waals surface area contributed by atoms with Crippen molar-refractivity contribution in [2.45, 2.75) is 25.2 Å². The minimum atomic E-state index is -0.546. The van der Waals surface area contributed by atoms with E-state index in [0.717, 1.165) is 11.1 Å². The van der Waals surface area contributed by atoms with Crippen LogP contribution in [0.5, 0.6) is 5.88 Å². The highest BCUT2D eigenvalue weighted by Crippen LogP contribution is 2.41. The Bertz CT molecular complexity index is 1050. The van der Waals surface area contributed by atoms with E-state index in [-0.39, 0.29) is 11.8 Å². The first kappa shape index (κ1) is 17.5. The fourth-order valence-corrected chi connectivity index (χ4v) is 3.86. The van der Waals surface area contributed by atoms with Crippen molar-refractivity contribution >= 4 is 23.4 Å². The van der Waals surface area contributed by atoms with E-state index >= 15 is 0 Å². The minimum Gasteiger partial charge on any atom is -0.854 e. The van der Waals surface area contributed by atoms with Crippen LogP contribution in [0.3, 0.4) is 0 Å². The lowest BCUT2D eigenvalue weighted by atomic mass is 9.99. The molecule has 136 valence electrons. The van der Waals surface area contributed by atoms with Crippen molar-refractivity contribution in [3.05, 3.63) is 59.7 Å². The number of nitrogens with zero attached hydrogens (tertiary/aromatic N) is 4. The van der Waals surface area contributed by atoms with E-state index in [1.807, 2.05) is 61.7 Å². The van der Waals surface area contributed by atoms with Gasteiger partial charge in [0.15, 0.2) is 0 Å². The number of aryl methyl sites for hydroxylation is 1. The number of amides is 1. The Balaban J connectivity index is 2.11. The zero-order valence-electron chi connectivity index (χ0n) is 15.2. The quantitative estimate of drug-likeness (QED) is 0.506. The van der Waals surface area contributed by atoms with Crippen LogP contribution in [0.15, 0.2) is 53.7 Å². The second-order valence-electron chi connectivity index (χ2n) is 6.33. The summed E-state index contributed by atoms with van der Waals surface area (Å²) in [5.74, 6) is -0.464. The Hall–Kier alpha value is -2.93. The number of anilines is 1. The number of carbonyl (C=O) groups is 1. The van der Waals surface area contributed by atoms with Crippen LogP contribution in [0.4, 0.5) is 5.69 Å². The van der Waals surface area contributed by atoms with Gasteiger partial charge in [-0.15, -0.1) is 0 Å². The maximum Gasteiger partial charge on any atom is 0.293 e. The third kappa shape index (κ3) is 2.75. The Morgan fingerprint density at radius 1 is 1.19 bits per heavy atom. The number of aromatic nitrogens is 3. The van der Waals surface area contributed by atoms with Gasteiger partial charge in [-0.25, -0.2) is 9.88 Å². The van der Waals surface area contributed by atoms with Crippen molar-refractivity contribution in [3.63, 3.8) is 0 Å². The number of carbonyl (C=O) groups excluding carboxylic acids is 1. The third-order valence-electron chi connectivity index (χ3n) is 4.71. The van der Waals surface area contributed by atoms with Crippen molar-refractivity contribution in [1.82, 2.24) is 10.1 Å². The van der Waals surface area contributed by atoms with Gasteiger partial charge in [-0.05, 0) is 36.9 Å². The predicted octanol–water partition coefficient (Wildman–Crippen LogP) is 2.45. The molecule has 27 heavy (non-hydrogen) atoms. The van der Waals surface area contributed by atoms with Gasteiger partial charge >= 0.3 is 0 Å². The Morgan fingerprint density at radius 3 is 2.59 bits per heavy atom. The van der Waals surface area contributed by atoms with Gasteiger partial charge in [0.25, 0.3) is 17.0 Å². The smallest absolute Gasteiger partial charge is 0.293 e. The van der Waals surface area contributed by atoms with Crippen molar-refractivity contribution in [2.24, 2.45) is 0 Å². The largest absolute Gasteiger partial charge is 0.854 e. The molecule has 0 saturated heterocycles. The number of para-hydroxylation sites is 1. The molecule has 0 spiro atoms. The molecular weight excluding hydrogens is 360 g/mol. The van der Waals surface area contributed by atoms with Crippen LogP contribution in [0, 0.1) is 6.92 Å². The number of benzene rings is 2. The average molecular weight is 378 g/mol. The first-order valence-electron chi connectivity index (χ1n) is 8.52. The maximum absolute atomic E-state index is 12.9. The molecule has 0 fully saturated rings. The topological polar surface area (TPSA) is 73.0 Å². The highest BCUT2D eigenvalue weighted by Gasteiger charge is 2.44. The van der Waals surface area contributed by atoms with Crippen LogP contribution in [-0.2, 0) is 4.79 Å². The van der Waals surface area contributed by atoms with Crippen LogP contribution in [0.25, 0.3) is 11.3 Å². The van der Waals surface area contributed by atoms with Gasteiger partial charge in [0.2, 0.25) is 5.91 Å². The number of hydrogen-bond acceptors (Lipinski definition) is 5. The van der Waals surface area contributed by atoms with Crippen molar-refractivity contribution < 1.29 is 14.6 Å². The van der Waals surface area contributed by atoms with Gasteiger partial charge < -0.3 is 5.11 Å². The SMILES string of the molecule is CSc1nc([O-])c2[n+](n1)C(c1ccccc1C)N(C(C)=O)c1ccccc1-2. The monoisotopic (exact) mass is 378 g/mol. The number of thioether (sulfide) groups is 1. The van der Waals surface area contributed by atoms with E-state index in [1.54, 1.807) is 9.58 Å². The molecule has 4 rings (SSSR count). The van der Waals surface area contributed by atoms with E-state index in [1.165, 1.54) is 18.7 Å². The number of fused-ring (bicyclic) bond motifs is 3. The molecule has 2 aromatic carbocycles. The van der Waals surface area contributed by atoms with Crippen LogP contribution in [-0.4, -0.2) is 22.2 Å². The fraction of sp³-hybridized carbons (Fsp3) is 0.200. The zero-order valence-corrected chi connectivity index (χ0v) is 16.0. The molecule has 7 heteroatoms. The molecule has 1 unspecified atom stereocenters. The van der Waals surface area contributed by atoms with Gasteiger partial charge in [0.1, 0.15) is 0 Å². The van der Waals surface area contributed by atoms with E-state index in [0.29, 0.717) is 22.1 Å². The van der Waals surface area contributed by atoms with E-state index < -0.39 is 6.17 Å². The van der Waals surface area contributed by atoms with Crippen LogP contribution >= 0.6 is 11.8 Å². The number of rotatable bonds is 2. The molecule has 3 aromatic rings. The Morgan fingerprint density at radius 2 is 1.89 bits per heavy atom. The van der Waals surface area contributed by atoms with Crippen molar-refractivity contribution in [1.29, 1.82) is 0 Å². The molecule has 0 bridgehead atoms. The van der Waals surface area contributed by atoms with Gasteiger partial charge in [-0.3, -0.25) is 4.79 Å². The lowest BCUT2D eigenvalue weighted by molar-refractivity contribution is -0.764. The zero-order chi connectivity index (χ0) is 19.1. The van der Waals surface area contributed by atoms with Crippen LogP contribution in [0.1, 0.15) is 24.2 Å². The molecule has 0 saturated carbocycles. The molecule has 1 atom stereocenters. The maximum atomic E-state index is 12.9. The summed E-state index contributed by atoms with van der Waals surface area (Å²) in [5, 5.41) is 17.8. The van der Waals surface area contributed by atoms with Crippen molar-refractivity contribution in [2.75, 3.05) is 11.2 Å². The lowest BCUT2D eigenvalue weighted by Crippen LogP contribution is -2.59. The third-order valence-corrected chi connectivity index (χ3v) is 5.24. The molecule has 1 aliphatic heterocycles. The summed E-state index contributed by atoms with van der Waals surface area (Å²) < 4.78 is 1.65. The second kappa shape index (κ2) is 6.66. The van der Waals surface area contributed by atoms with Gasteiger partial charge in [-0.2, -0.15) is 0 Å². The van der Waals surface area contributed by atoms with Crippen molar-refractivity contribution in [3.8, 4) is 17.1 Å². The molecular formula is C20H18N4O2S. The molecule has 1 amide bonds. The van der Waals surface area contributed by atoms with Crippen LogP contribution in [0.2, 0.25) is 0 Å². The Kier molecular flexibility index (Phi) is 4.31. The van der Waals surface area contributed by atoms with Gasteiger partial charge in [0.05, 0.1) is 17.1 Å². The molecule has 6 nitrogen and oxygen atoms in total. The average Bonchev–Trinajstić information content (AvgIpc) is 2.66. The summed E-state index contributed by atoms with van der Waals surface area (Å²) in [5.41, 5.74) is 3.68. The lowest BCUT2D eigenvalue weighted by Gasteiger charge is -2.33. The summed E-state index contributed by atoms with van der Waals surface area (Å²) in [7, 11) is 0. The second-order valence-corrected chi connectivity index (χ2v) is 7.11. The first-order chi connectivity index (χ1) is 13.0. The summed E-state index contributed by atoms with van der Waals surface area (Å²) in [6, 6.07) is 15.2. The molecule has 1 aliphatic rings. The molecule has 0 N–H and O–H groups in total. The minimum absolute atomic E-state index is 0.120. The fourth-order valence-electron chi connectivity index (χ4n) is 3.52. The molecule has 2 heterocycles. The summed E-state index contributed by atoms with van der Waals surface area (Å²) >= 11 is 1.30. The van der Waals surface area contributed by atoms with Gasteiger partial charge in [-0.1, -0.05) is 46.8 Å². The van der Waals surface area contributed by atoms with E-state index in [9.17, 15) is 9.90 Å². The molecule has 0 aliphatic carbocycles. The number of hydrogen-bond donors (Lipinski definition) is 0. The molecule has 1 aromatic heterocycles. The summed E-state index contributed by atoms with van der Waals surface area (Å²) in [6.45, 7) is 3.52. The standard InChI is InChI=1S/C20H18N4O2S/c1-12-8-4-5-9-14(12)19-23(13(2)25)16-11-7-6-10-15(16)17-18(26)21-20(27-3)22-24(17)19/h4-11,19H,1-3H3. The first-order valence-corrected chi connectivity index (χ1v) is 9.75. The predicted molar refractivity (Wildman–Crippen MR) is 101 cm³/mol. The van der Waals surface area contributed by atoms with E-state index in [2.05, 4.69) is 10.1 Å². The Labute approximate surface area is 161 Å². The van der Waals surface area contributed by atoms with Gasteiger partial charge in [0, 0.05) is 17.6 Å².